The van der Waals surface area contributed by atoms with E-state index in [0.717, 1.165) is 26.4 Å². The Bertz CT molecular complexity index is 1900. The topological polar surface area (TPSA) is 110 Å². The van der Waals surface area contributed by atoms with Crippen LogP contribution in [-0.4, -0.2) is 39.2 Å². The maximum atomic E-state index is 14.2. The van der Waals surface area contributed by atoms with Crippen LogP contribution in [-0.2, 0) is 10.1 Å². The minimum Gasteiger partial charge on any atom is -0.289 e. The summed E-state index contributed by atoms with van der Waals surface area (Å²) in [6.07, 6.45) is 6.33. The van der Waals surface area contributed by atoms with Crippen molar-refractivity contribution in [2.24, 2.45) is 5.92 Å². The highest BCUT2D eigenvalue weighted by Gasteiger charge is 2.40. The van der Waals surface area contributed by atoms with Crippen molar-refractivity contribution in [1.29, 1.82) is 0 Å². The molecule has 2 aliphatic rings. The first-order chi connectivity index (χ1) is 18.6. The van der Waals surface area contributed by atoms with Gasteiger partial charge in [-0.25, -0.2) is 4.98 Å². The third-order valence-electron chi connectivity index (χ3n) is 7.27. The fourth-order valence-corrected chi connectivity index (χ4v) is 7.24. The van der Waals surface area contributed by atoms with Crippen molar-refractivity contribution in [3.8, 4) is 0 Å². The number of fused-ring (bicyclic) bond motifs is 4. The summed E-state index contributed by atoms with van der Waals surface area (Å²) in [5.74, 6) is -1.13. The van der Waals surface area contributed by atoms with Crippen LogP contribution in [0.25, 0.3) is 11.6 Å². The Labute approximate surface area is 231 Å². The van der Waals surface area contributed by atoms with Gasteiger partial charge < -0.3 is 0 Å². The molecule has 9 heteroatoms. The maximum absolute atomic E-state index is 14.2. The van der Waals surface area contributed by atoms with Crippen molar-refractivity contribution in [3.63, 3.8) is 0 Å². The van der Waals surface area contributed by atoms with Crippen LogP contribution in [0.2, 0.25) is 5.02 Å². The number of halogens is 1. The van der Waals surface area contributed by atoms with Gasteiger partial charge in [-0.3, -0.25) is 9.35 Å². The number of carbonyl (C=O) groups excluding carboxylic acids is 1. The van der Waals surface area contributed by atoms with E-state index in [4.69, 9.17) is 11.6 Å². The van der Waals surface area contributed by atoms with E-state index in [1.807, 2.05) is 61.5 Å². The van der Waals surface area contributed by atoms with Crippen LogP contribution in [0.1, 0.15) is 46.8 Å². The van der Waals surface area contributed by atoms with Gasteiger partial charge in [-0.2, -0.15) is 13.5 Å². The SMILES string of the molecule is Cc1ccc(Cl)c(C2=c3ccccc3=c3ccc4c(c3C2=O)C(C)C(S(=O)(=O)O)C(C)C=4)c1.c1cnncn1. The van der Waals surface area contributed by atoms with Crippen LogP contribution in [0, 0.1) is 23.3 Å². The van der Waals surface area contributed by atoms with Crippen molar-refractivity contribution in [2.45, 2.75) is 31.9 Å². The fraction of sp³-hybridized carbons (Fsp3) is 0.200. The van der Waals surface area contributed by atoms with Gasteiger partial charge in [-0.15, -0.1) is 5.10 Å². The lowest BCUT2D eigenvalue weighted by Gasteiger charge is -2.32. The number of rotatable bonds is 2. The summed E-state index contributed by atoms with van der Waals surface area (Å²) in [5, 5.41) is 9.66. The average molecular weight is 560 g/mol. The summed E-state index contributed by atoms with van der Waals surface area (Å²) in [4.78, 5) is 17.8. The molecule has 0 bridgehead atoms. The molecule has 3 aromatic carbocycles. The van der Waals surface area contributed by atoms with Gasteiger partial charge in [0.05, 0.1) is 11.4 Å². The van der Waals surface area contributed by atoms with Gasteiger partial charge in [0.1, 0.15) is 6.33 Å². The molecule has 0 radical (unpaired) electrons. The van der Waals surface area contributed by atoms with Crippen molar-refractivity contribution in [1.82, 2.24) is 15.2 Å². The van der Waals surface area contributed by atoms with E-state index >= 15 is 0 Å². The quantitative estimate of drug-likeness (QED) is 0.370. The normalized spacial score (nSPS) is 19.6. The molecule has 0 fully saturated rings. The molecular formula is C30H26ClN3O4S. The van der Waals surface area contributed by atoms with Crippen molar-refractivity contribution in [3.05, 3.63) is 121 Å². The van der Waals surface area contributed by atoms with Crippen molar-refractivity contribution in [2.75, 3.05) is 0 Å². The number of ketones is 1. The lowest BCUT2D eigenvalue weighted by atomic mass is 9.77. The van der Waals surface area contributed by atoms with E-state index in [2.05, 4.69) is 15.2 Å². The highest BCUT2D eigenvalue weighted by molar-refractivity contribution is 7.86. The molecule has 4 aromatic rings. The third-order valence-corrected chi connectivity index (χ3v) is 9.12. The minimum absolute atomic E-state index is 0.183. The predicted molar refractivity (Wildman–Crippen MR) is 150 cm³/mol. The van der Waals surface area contributed by atoms with Crippen LogP contribution in [0.4, 0.5) is 0 Å². The molecule has 3 unspecified atom stereocenters. The Morgan fingerprint density at radius 1 is 0.923 bits per heavy atom. The van der Waals surface area contributed by atoms with Crippen LogP contribution in [0.5, 0.6) is 0 Å². The molecule has 1 aromatic heterocycles. The number of nitrogens with zero attached hydrogens (tertiary/aromatic N) is 3. The van der Waals surface area contributed by atoms with E-state index in [-0.39, 0.29) is 11.7 Å². The number of aryl methyl sites for hydroxylation is 1. The summed E-state index contributed by atoms with van der Waals surface area (Å²) in [7, 11) is -4.32. The summed E-state index contributed by atoms with van der Waals surface area (Å²) in [6, 6.07) is 17.2. The number of hydrogen-bond acceptors (Lipinski definition) is 6. The Morgan fingerprint density at radius 3 is 2.28 bits per heavy atom. The second kappa shape index (κ2) is 10.4. The van der Waals surface area contributed by atoms with Crippen molar-refractivity contribution >= 4 is 39.2 Å². The van der Waals surface area contributed by atoms with E-state index < -0.39 is 21.3 Å². The van der Waals surface area contributed by atoms with Gasteiger partial charge in [0, 0.05) is 33.8 Å². The zero-order valence-corrected chi connectivity index (χ0v) is 23.1. The van der Waals surface area contributed by atoms with E-state index in [1.165, 1.54) is 12.5 Å². The molecule has 198 valence electrons. The Hall–Kier alpha value is -3.72. The highest BCUT2D eigenvalue weighted by atomic mass is 35.5. The second-order valence-corrected chi connectivity index (χ2v) is 11.8. The zero-order chi connectivity index (χ0) is 27.9. The monoisotopic (exact) mass is 559 g/mol. The van der Waals surface area contributed by atoms with Gasteiger partial charge >= 0.3 is 0 Å². The number of hydrogen-bond donors (Lipinski definition) is 1. The van der Waals surface area contributed by atoms with E-state index in [9.17, 15) is 17.8 Å². The smallest absolute Gasteiger partial charge is 0.268 e. The molecule has 0 saturated heterocycles. The van der Waals surface area contributed by atoms with Crippen LogP contribution in [0.3, 0.4) is 0 Å². The molecule has 3 atom stereocenters. The summed E-state index contributed by atoms with van der Waals surface area (Å²) < 4.78 is 34.5. The van der Waals surface area contributed by atoms with E-state index in [1.54, 1.807) is 26.1 Å². The van der Waals surface area contributed by atoms with Gasteiger partial charge in [0.25, 0.3) is 10.1 Å². The Kier molecular flexibility index (Phi) is 7.20. The molecule has 0 spiro atoms. The molecule has 7 nitrogen and oxygen atoms in total. The lowest BCUT2D eigenvalue weighted by Crippen LogP contribution is -2.40. The molecule has 6 rings (SSSR count). The minimum atomic E-state index is -4.32. The Balaban J connectivity index is 0.000000455. The molecule has 0 amide bonds. The van der Waals surface area contributed by atoms with Gasteiger partial charge in [-0.1, -0.05) is 79.6 Å². The summed E-state index contributed by atoms with van der Waals surface area (Å²) in [5.41, 5.74) is 3.30. The molecule has 1 N–H and O–H groups in total. The average Bonchev–Trinajstić information content (AvgIpc) is 2.91. The standard InChI is InChI=1S/C27H23ClO4S.C3H3N3/c1-14-8-11-22(28)21(12-14)24-19-7-5-4-6-18(19)20-10-9-17-13-15(2)27(33(30,31)32)16(3)23(17)25(20)26(24)29;1-2-5-6-3-4-1/h4-13,15-16,27H,1-3H3,(H,30,31,32);1-3H. The Morgan fingerprint density at radius 2 is 1.67 bits per heavy atom. The van der Waals surface area contributed by atoms with Crippen LogP contribution < -0.4 is 10.4 Å². The van der Waals surface area contributed by atoms with E-state index in [0.29, 0.717) is 27.3 Å². The number of benzene rings is 3. The predicted octanol–water partition coefficient (Wildman–Crippen LogP) is 3.99. The lowest BCUT2D eigenvalue weighted by molar-refractivity contribution is 0.105. The zero-order valence-electron chi connectivity index (χ0n) is 21.5. The molecular weight excluding hydrogens is 534 g/mol. The van der Waals surface area contributed by atoms with Gasteiger partial charge in [-0.05, 0) is 51.4 Å². The first kappa shape index (κ1) is 26.9. The fourth-order valence-electron chi connectivity index (χ4n) is 5.75. The first-order valence-electron chi connectivity index (χ1n) is 12.4. The molecule has 2 aliphatic carbocycles. The third kappa shape index (κ3) is 4.91. The molecule has 1 heterocycles. The van der Waals surface area contributed by atoms with Gasteiger partial charge in [0.15, 0.2) is 5.78 Å². The second-order valence-electron chi connectivity index (χ2n) is 9.81. The molecule has 39 heavy (non-hydrogen) atoms. The number of aromatic nitrogens is 3. The number of carbonyl (C=O) groups is 1. The largest absolute Gasteiger partial charge is 0.289 e. The highest BCUT2D eigenvalue weighted by Crippen LogP contribution is 2.36. The maximum Gasteiger partial charge on any atom is 0.268 e. The summed E-state index contributed by atoms with van der Waals surface area (Å²) >= 11 is 6.57. The number of Topliss-reactive ketones (excluding diaryl/α,β-unsaturated/α-hetero) is 1. The molecule has 0 saturated carbocycles. The van der Waals surface area contributed by atoms with Crippen molar-refractivity contribution < 1.29 is 17.8 Å². The first-order valence-corrected chi connectivity index (χ1v) is 14.3. The van der Waals surface area contributed by atoms with Crippen LogP contribution in [0.15, 0.2) is 73.3 Å². The summed E-state index contributed by atoms with van der Waals surface area (Å²) in [6.45, 7) is 5.50. The van der Waals surface area contributed by atoms with Crippen LogP contribution >= 0.6 is 11.6 Å². The van der Waals surface area contributed by atoms with Gasteiger partial charge in [0.2, 0.25) is 0 Å². The molecule has 0 aliphatic heterocycles.